The molecule has 3 aromatic heterocycles. The van der Waals surface area contributed by atoms with Crippen LogP contribution in [0.5, 0.6) is 0 Å². The lowest BCUT2D eigenvalue weighted by Crippen LogP contribution is -2.33. The van der Waals surface area contributed by atoms with Crippen LogP contribution in [0.25, 0.3) is 22.8 Å². The Labute approximate surface area is 176 Å². The van der Waals surface area contributed by atoms with Crippen LogP contribution >= 0.6 is 11.6 Å². The first kappa shape index (κ1) is 19.6. The highest BCUT2D eigenvalue weighted by molar-refractivity contribution is 6.30. The van der Waals surface area contributed by atoms with E-state index in [0.29, 0.717) is 29.0 Å². The van der Waals surface area contributed by atoms with E-state index in [-0.39, 0.29) is 12.5 Å². The van der Waals surface area contributed by atoms with Gasteiger partial charge in [0.05, 0.1) is 6.54 Å². The first-order valence-corrected chi connectivity index (χ1v) is 9.58. The summed E-state index contributed by atoms with van der Waals surface area (Å²) in [5, 5.41) is 19.7. The lowest BCUT2D eigenvalue weighted by Gasteiger charge is -2.12. The summed E-state index contributed by atoms with van der Waals surface area (Å²) in [5.74, 6) is 0.857. The predicted molar refractivity (Wildman–Crippen MR) is 107 cm³/mol. The molecular weight excluding hydrogens is 408 g/mol. The van der Waals surface area contributed by atoms with Crippen molar-refractivity contribution < 1.29 is 9.32 Å². The molecule has 30 heavy (non-hydrogen) atoms. The topological polar surface area (TPSA) is 125 Å². The number of nitrogens with zero attached hydrogens (tertiary/aromatic N) is 7. The molecule has 1 amide bonds. The summed E-state index contributed by atoms with van der Waals surface area (Å²) in [4.78, 5) is 22.2. The molecule has 3 heterocycles. The molecule has 0 saturated heterocycles. The van der Waals surface area contributed by atoms with Gasteiger partial charge in [-0.2, -0.15) is 9.78 Å². The molecule has 11 heteroatoms. The summed E-state index contributed by atoms with van der Waals surface area (Å²) in [6.07, 6.45) is 3.76. The molecule has 152 valence electrons. The highest BCUT2D eigenvalue weighted by Gasteiger charge is 2.22. The molecule has 4 aromatic rings. The average molecular weight is 425 g/mol. The number of rotatable bonds is 7. The lowest BCUT2D eigenvalue weighted by atomic mass is 10.2. The number of nitrogens with one attached hydrogen (secondary N) is 1. The fourth-order valence-electron chi connectivity index (χ4n) is 2.75. The van der Waals surface area contributed by atoms with Gasteiger partial charge in [-0.25, -0.2) is 0 Å². The van der Waals surface area contributed by atoms with Crippen molar-refractivity contribution in [3.8, 4) is 22.8 Å². The summed E-state index contributed by atoms with van der Waals surface area (Å²) in [6.45, 7) is 1.95. The molecule has 0 spiro atoms. The van der Waals surface area contributed by atoms with E-state index in [1.165, 1.54) is 4.80 Å². The Bertz CT molecular complexity index is 1130. The van der Waals surface area contributed by atoms with Gasteiger partial charge in [-0.3, -0.25) is 9.78 Å². The molecule has 4 rings (SSSR count). The second-order valence-electron chi connectivity index (χ2n) is 6.33. The highest BCUT2D eigenvalue weighted by atomic mass is 35.5. The molecule has 0 aliphatic heterocycles. The van der Waals surface area contributed by atoms with Gasteiger partial charge in [-0.1, -0.05) is 23.7 Å². The zero-order valence-electron chi connectivity index (χ0n) is 15.9. The maximum atomic E-state index is 12.7. The minimum atomic E-state index is -0.624. The van der Waals surface area contributed by atoms with Crippen molar-refractivity contribution in [2.24, 2.45) is 0 Å². The number of pyridine rings is 1. The fourth-order valence-corrected chi connectivity index (χ4v) is 2.88. The molecule has 0 radical (unpaired) electrons. The van der Waals surface area contributed by atoms with E-state index in [9.17, 15) is 4.79 Å². The Morgan fingerprint density at radius 3 is 2.60 bits per heavy atom. The van der Waals surface area contributed by atoms with Crippen molar-refractivity contribution in [3.05, 3.63) is 59.7 Å². The van der Waals surface area contributed by atoms with Gasteiger partial charge >= 0.3 is 0 Å². The van der Waals surface area contributed by atoms with E-state index in [0.717, 1.165) is 11.1 Å². The molecule has 1 unspecified atom stereocenters. The molecule has 0 aliphatic carbocycles. The molecule has 0 saturated carbocycles. The summed E-state index contributed by atoms with van der Waals surface area (Å²) >= 11 is 5.91. The van der Waals surface area contributed by atoms with Crippen LogP contribution in [-0.2, 0) is 11.3 Å². The monoisotopic (exact) mass is 424 g/mol. The van der Waals surface area contributed by atoms with Crippen molar-refractivity contribution in [1.29, 1.82) is 0 Å². The highest BCUT2D eigenvalue weighted by Crippen LogP contribution is 2.19. The van der Waals surface area contributed by atoms with Gasteiger partial charge in [0.1, 0.15) is 0 Å². The number of carbonyl (C=O) groups is 1. The molecule has 1 aromatic carbocycles. The Morgan fingerprint density at radius 1 is 1.13 bits per heavy atom. The van der Waals surface area contributed by atoms with Crippen molar-refractivity contribution in [2.75, 3.05) is 0 Å². The second-order valence-corrected chi connectivity index (χ2v) is 6.77. The van der Waals surface area contributed by atoms with Gasteiger partial charge in [0, 0.05) is 28.5 Å². The number of amides is 1. The number of benzene rings is 1. The van der Waals surface area contributed by atoms with Crippen molar-refractivity contribution in [1.82, 2.24) is 40.6 Å². The number of aromatic nitrogens is 7. The lowest BCUT2D eigenvalue weighted by molar-refractivity contribution is -0.125. The van der Waals surface area contributed by atoms with E-state index in [1.54, 1.807) is 48.8 Å². The number of tetrazole rings is 1. The van der Waals surface area contributed by atoms with Crippen molar-refractivity contribution >= 4 is 17.5 Å². The van der Waals surface area contributed by atoms with Gasteiger partial charge in [-0.05, 0) is 48.0 Å². The van der Waals surface area contributed by atoms with Gasteiger partial charge < -0.3 is 9.84 Å². The largest absolute Gasteiger partial charge is 0.345 e. The van der Waals surface area contributed by atoms with Crippen molar-refractivity contribution in [3.63, 3.8) is 0 Å². The van der Waals surface area contributed by atoms with Gasteiger partial charge in [-0.15, -0.1) is 10.2 Å². The van der Waals surface area contributed by atoms with E-state index in [2.05, 4.69) is 35.9 Å². The molecule has 0 fully saturated rings. The van der Waals surface area contributed by atoms with Crippen LogP contribution in [0, 0.1) is 0 Å². The van der Waals surface area contributed by atoms with E-state index in [1.807, 2.05) is 6.92 Å². The van der Waals surface area contributed by atoms with Crippen LogP contribution in [0.2, 0.25) is 5.02 Å². The predicted octanol–water partition coefficient (Wildman–Crippen LogP) is 2.71. The molecule has 0 aliphatic rings. The molecule has 10 nitrogen and oxygen atoms in total. The minimum absolute atomic E-state index is 0.0894. The first-order chi connectivity index (χ1) is 14.6. The summed E-state index contributed by atoms with van der Waals surface area (Å²) < 4.78 is 5.20. The second kappa shape index (κ2) is 8.78. The summed E-state index contributed by atoms with van der Waals surface area (Å²) in [5.41, 5.74) is 1.54. The van der Waals surface area contributed by atoms with Crippen LogP contribution in [0.1, 0.15) is 25.3 Å². The first-order valence-electron chi connectivity index (χ1n) is 9.20. The summed E-state index contributed by atoms with van der Waals surface area (Å²) in [7, 11) is 0. The molecule has 0 bridgehead atoms. The van der Waals surface area contributed by atoms with Crippen LogP contribution in [0.4, 0.5) is 0 Å². The minimum Gasteiger partial charge on any atom is -0.345 e. The molecule has 1 atom stereocenters. The number of hydrogen-bond donors (Lipinski definition) is 1. The SMILES string of the molecule is CCC(C(=O)NCc1nc(-c2ccncc2)no1)n1nnc(-c2ccc(Cl)cc2)n1. The third-order valence-electron chi connectivity index (χ3n) is 4.32. The third kappa shape index (κ3) is 4.33. The Balaban J connectivity index is 1.41. The third-order valence-corrected chi connectivity index (χ3v) is 4.57. The maximum absolute atomic E-state index is 12.7. The van der Waals surface area contributed by atoms with Gasteiger partial charge in [0.2, 0.25) is 23.4 Å². The Morgan fingerprint density at radius 2 is 1.87 bits per heavy atom. The van der Waals surface area contributed by atoms with Crippen LogP contribution < -0.4 is 5.32 Å². The molecular formula is C19H17ClN8O2. The number of hydrogen-bond acceptors (Lipinski definition) is 8. The zero-order valence-corrected chi connectivity index (χ0v) is 16.7. The van der Waals surface area contributed by atoms with Gasteiger partial charge in [0.15, 0.2) is 6.04 Å². The average Bonchev–Trinajstić information content (AvgIpc) is 3.44. The number of carbonyl (C=O) groups excluding carboxylic acids is 1. The quantitative estimate of drug-likeness (QED) is 0.480. The van der Waals surface area contributed by atoms with Crippen LogP contribution in [0.15, 0.2) is 53.3 Å². The maximum Gasteiger partial charge on any atom is 0.247 e. The van der Waals surface area contributed by atoms with Crippen LogP contribution in [-0.4, -0.2) is 41.2 Å². The van der Waals surface area contributed by atoms with Crippen molar-refractivity contribution in [2.45, 2.75) is 25.9 Å². The number of halogens is 1. The Kier molecular flexibility index (Phi) is 5.75. The standard InChI is InChI=1S/C19H17ClN8O2/c1-2-15(28-25-18(24-27-28)12-3-5-14(20)6-4-12)19(29)22-11-16-23-17(26-30-16)13-7-9-21-10-8-13/h3-10,15H,2,11H2,1H3,(H,22,29). The normalized spacial score (nSPS) is 11.9. The summed E-state index contributed by atoms with van der Waals surface area (Å²) in [6, 6.07) is 9.99. The van der Waals surface area contributed by atoms with Crippen LogP contribution in [0.3, 0.4) is 0 Å². The van der Waals surface area contributed by atoms with E-state index < -0.39 is 6.04 Å². The smallest absolute Gasteiger partial charge is 0.247 e. The van der Waals surface area contributed by atoms with E-state index in [4.69, 9.17) is 16.1 Å². The van der Waals surface area contributed by atoms with Gasteiger partial charge in [0.25, 0.3) is 0 Å². The zero-order chi connectivity index (χ0) is 20.9. The fraction of sp³-hybridized carbons (Fsp3) is 0.211. The molecule has 1 N–H and O–H groups in total. The van der Waals surface area contributed by atoms with E-state index >= 15 is 0 Å². The Hall–Kier alpha value is -3.66.